The van der Waals surface area contributed by atoms with Gasteiger partial charge in [0.1, 0.15) is 0 Å². The molecule has 3 heteroatoms. The van der Waals surface area contributed by atoms with E-state index in [0.29, 0.717) is 0 Å². The van der Waals surface area contributed by atoms with Crippen LogP contribution in [0, 0.1) is 5.92 Å². The largest absolute Gasteiger partial charge is 0.147 e. The maximum absolute atomic E-state index is 2.34. The molecule has 93 valence electrons. The van der Waals surface area contributed by atoms with Crippen LogP contribution in [0.25, 0.3) is 0 Å². The number of rotatable bonds is 6. The molecule has 0 bridgehead atoms. The summed E-state index contributed by atoms with van der Waals surface area (Å²) in [7, 11) is 0. The minimum absolute atomic E-state index is 0. The minimum Gasteiger partial charge on any atom is -0.147 e. The zero-order chi connectivity index (χ0) is 10.4. The fourth-order valence-electron chi connectivity index (χ4n) is 2.00. The molecule has 1 unspecified atom stereocenters. The fraction of sp³-hybridized carbons (Fsp3) is 0.692. The SMILES string of the molecule is CCCCC(CC)CC1=[C]([Ti])CC=C1.Cl.Cl. The van der Waals surface area contributed by atoms with Crippen molar-refractivity contribution in [3.05, 3.63) is 21.6 Å². The van der Waals surface area contributed by atoms with Crippen LogP contribution in [0.15, 0.2) is 21.6 Å². The summed E-state index contributed by atoms with van der Waals surface area (Å²) in [6, 6.07) is 0. The van der Waals surface area contributed by atoms with Gasteiger partial charge in [0.2, 0.25) is 0 Å². The van der Waals surface area contributed by atoms with E-state index >= 15 is 0 Å². The van der Waals surface area contributed by atoms with E-state index in [1.807, 2.05) is 0 Å². The van der Waals surface area contributed by atoms with Crippen LogP contribution in [-0.2, 0) is 20.4 Å². The summed E-state index contributed by atoms with van der Waals surface area (Å²) < 4.78 is 1.60. The Balaban J connectivity index is 0. The molecule has 0 aliphatic heterocycles. The van der Waals surface area contributed by atoms with Crippen molar-refractivity contribution < 1.29 is 20.4 Å². The first-order valence-corrected chi connectivity index (χ1v) is 6.66. The van der Waals surface area contributed by atoms with E-state index in [9.17, 15) is 0 Å². The molecule has 0 aromatic heterocycles. The number of hydrogen-bond acceptors (Lipinski definition) is 0. The van der Waals surface area contributed by atoms with Gasteiger partial charge in [-0.05, 0) is 0 Å². The fourth-order valence-corrected chi connectivity index (χ4v) is 2.47. The molecule has 1 atom stereocenters. The van der Waals surface area contributed by atoms with E-state index in [1.54, 1.807) is 9.45 Å². The summed E-state index contributed by atoms with van der Waals surface area (Å²) in [6.07, 6.45) is 12.6. The first kappa shape index (κ1) is 19.1. The summed E-state index contributed by atoms with van der Waals surface area (Å²) in [6.45, 7) is 4.61. The second-order valence-electron chi connectivity index (χ2n) is 4.23. The van der Waals surface area contributed by atoms with Crippen molar-refractivity contribution in [2.75, 3.05) is 0 Å². The Morgan fingerprint density at radius 3 is 2.44 bits per heavy atom. The van der Waals surface area contributed by atoms with Gasteiger partial charge in [0.05, 0.1) is 0 Å². The zero-order valence-corrected chi connectivity index (χ0v) is 13.5. The normalized spacial score (nSPS) is 15.6. The third-order valence-corrected chi connectivity index (χ3v) is 3.90. The predicted molar refractivity (Wildman–Crippen MR) is 73.2 cm³/mol. The molecular weight excluding hydrogens is 275 g/mol. The Labute approximate surface area is 125 Å². The van der Waals surface area contributed by atoms with Crippen LogP contribution in [0.4, 0.5) is 0 Å². The number of allylic oxidation sites excluding steroid dienone is 4. The van der Waals surface area contributed by atoms with Crippen LogP contribution in [0.2, 0.25) is 0 Å². The molecule has 0 heterocycles. The standard InChI is InChI=1S/C13H21.2ClH.Ti/c1-3-5-8-12(4-2)11-13-9-6-7-10-13;;;/h6,9,12H,3-5,7-8,11H2,1-2H3;2*1H;. The Kier molecular flexibility index (Phi) is 13.0. The molecule has 1 aliphatic carbocycles. The topological polar surface area (TPSA) is 0 Å². The average Bonchev–Trinajstić information content (AvgIpc) is 2.59. The van der Waals surface area contributed by atoms with E-state index < -0.39 is 0 Å². The Morgan fingerprint density at radius 2 is 2.00 bits per heavy atom. The van der Waals surface area contributed by atoms with Crippen LogP contribution < -0.4 is 0 Å². The molecule has 0 amide bonds. The third kappa shape index (κ3) is 6.50. The smallest absolute Gasteiger partial charge is 0.147 e. The number of hydrogen-bond donors (Lipinski definition) is 0. The molecule has 1 rings (SSSR count). The number of unbranched alkanes of at least 4 members (excludes halogenated alkanes) is 1. The molecule has 0 radical (unpaired) electrons. The minimum atomic E-state index is 0. The van der Waals surface area contributed by atoms with E-state index in [0.717, 1.165) is 5.92 Å². The second-order valence-corrected chi connectivity index (χ2v) is 5.17. The van der Waals surface area contributed by atoms with Gasteiger partial charge in [-0.3, -0.25) is 0 Å². The van der Waals surface area contributed by atoms with Crippen molar-refractivity contribution in [1.29, 1.82) is 0 Å². The molecule has 16 heavy (non-hydrogen) atoms. The molecule has 0 N–H and O–H groups in total. The van der Waals surface area contributed by atoms with E-state index in [2.05, 4.69) is 46.4 Å². The molecular formula is C13H23Cl2Ti. The van der Waals surface area contributed by atoms with Crippen molar-refractivity contribution >= 4 is 24.8 Å². The summed E-state index contributed by atoms with van der Waals surface area (Å²) in [5.41, 5.74) is 1.62. The second kappa shape index (κ2) is 10.9. The molecule has 0 saturated carbocycles. The first-order chi connectivity index (χ1) is 6.77. The molecule has 0 aromatic rings. The Morgan fingerprint density at radius 1 is 1.31 bits per heavy atom. The van der Waals surface area contributed by atoms with E-state index in [1.165, 1.54) is 38.5 Å². The van der Waals surface area contributed by atoms with Crippen LogP contribution in [0.5, 0.6) is 0 Å². The zero-order valence-electron chi connectivity index (χ0n) is 10.3. The van der Waals surface area contributed by atoms with Crippen molar-refractivity contribution in [3.8, 4) is 0 Å². The van der Waals surface area contributed by atoms with Gasteiger partial charge in [-0.25, -0.2) is 0 Å². The average molecular weight is 298 g/mol. The Bertz CT molecular complexity index is 234. The van der Waals surface area contributed by atoms with Gasteiger partial charge < -0.3 is 0 Å². The van der Waals surface area contributed by atoms with Crippen molar-refractivity contribution in [3.63, 3.8) is 0 Å². The van der Waals surface area contributed by atoms with Crippen LogP contribution in [0.1, 0.15) is 52.4 Å². The summed E-state index contributed by atoms with van der Waals surface area (Å²) in [5.74, 6) is 0.919. The van der Waals surface area contributed by atoms with E-state index in [4.69, 9.17) is 0 Å². The summed E-state index contributed by atoms with van der Waals surface area (Å²) in [4.78, 5) is 0. The van der Waals surface area contributed by atoms with Gasteiger partial charge in [0, 0.05) is 0 Å². The summed E-state index contributed by atoms with van der Waals surface area (Å²) in [5, 5.41) is 0. The molecule has 0 fully saturated rings. The van der Waals surface area contributed by atoms with Crippen molar-refractivity contribution in [1.82, 2.24) is 0 Å². The monoisotopic (exact) mass is 297 g/mol. The van der Waals surface area contributed by atoms with Crippen molar-refractivity contribution in [2.45, 2.75) is 52.4 Å². The van der Waals surface area contributed by atoms with Gasteiger partial charge in [0.25, 0.3) is 0 Å². The van der Waals surface area contributed by atoms with E-state index in [-0.39, 0.29) is 24.8 Å². The van der Waals surface area contributed by atoms with Crippen LogP contribution in [-0.4, -0.2) is 0 Å². The third-order valence-electron chi connectivity index (χ3n) is 3.08. The van der Waals surface area contributed by atoms with Gasteiger partial charge in [0.15, 0.2) is 0 Å². The van der Waals surface area contributed by atoms with Gasteiger partial charge >= 0.3 is 100 Å². The Hall–Kier alpha value is 0.774. The first-order valence-electron chi connectivity index (χ1n) is 5.88. The summed E-state index contributed by atoms with van der Waals surface area (Å²) >= 11 is 2.28. The van der Waals surface area contributed by atoms with Crippen LogP contribution in [0.3, 0.4) is 0 Å². The maximum atomic E-state index is 2.34. The van der Waals surface area contributed by atoms with Gasteiger partial charge in [-0.15, -0.1) is 24.8 Å². The predicted octanol–water partition coefficient (Wildman–Crippen LogP) is 5.20. The quantitative estimate of drug-likeness (QED) is 0.591. The van der Waals surface area contributed by atoms with Gasteiger partial charge in [-0.2, -0.15) is 0 Å². The molecule has 0 aromatic carbocycles. The molecule has 0 nitrogen and oxygen atoms in total. The molecule has 0 spiro atoms. The molecule has 0 saturated heterocycles. The maximum Gasteiger partial charge on any atom is -0.147 e. The molecule has 1 aliphatic rings. The van der Waals surface area contributed by atoms with Crippen molar-refractivity contribution in [2.24, 2.45) is 5.92 Å². The number of halogens is 2. The van der Waals surface area contributed by atoms with Gasteiger partial charge in [-0.1, -0.05) is 0 Å². The van der Waals surface area contributed by atoms with Crippen LogP contribution >= 0.6 is 24.8 Å².